The van der Waals surface area contributed by atoms with Crippen LogP contribution in [-0.4, -0.2) is 29.7 Å². The molecule has 1 aliphatic rings. The lowest BCUT2D eigenvalue weighted by Gasteiger charge is -2.33. The highest BCUT2D eigenvalue weighted by Gasteiger charge is 2.24. The molecule has 0 spiro atoms. The normalized spacial score (nSPS) is 14.8. The first-order valence-corrected chi connectivity index (χ1v) is 7.15. The number of nitro benzene ring substituents is 1. The zero-order valence-electron chi connectivity index (χ0n) is 12.2. The first-order chi connectivity index (χ1) is 11.1. The molecule has 23 heavy (non-hydrogen) atoms. The number of nitrogens with zero attached hydrogens (tertiary/aromatic N) is 2. The van der Waals surface area contributed by atoms with Crippen molar-refractivity contribution >= 4 is 11.4 Å². The summed E-state index contributed by atoms with van der Waals surface area (Å²) in [6.45, 7) is 0.941. The smallest absolute Gasteiger partial charge is 0.269 e. The second kappa shape index (κ2) is 6.21. The molecule has 0 amide bonds. The number of para-hydroxylation sites is 1. The fourth-order valence-corrected chi connectivity index (χ4v) is 2.64. The number of nitro groups is 1. The van der Waals surface area contributed by atoms with Gasteiger partial charge in [-0.3, -0.25) is 10.1 Å². The molecule has 1 aliphatic heterocycles. The van der Waals surface area contributed by atoms with Gasteiger partial charge in [-0.05, 0) is 17.7 Å². The Kier molecular flexibility index (Phi) is 4.12. The van der Waals surface area contributed by atoms with Gasteiger partial charge in [0.25, 0.3) is 5.69 Å². The molecular formula is C16H15FN2O4. The van der Waals surface area contributed by atoms with Gasteiger partial charge in [-0.25, -0.2) is 4.39 Å². The number of halogens is 1. The van der Waals surface area contributed by atoms with Crippen molar-refractivity contribution in [1.29, 1.82) is 0 Å². The molecule has 0 radical (unpaired) electrons. The van der Waals surface area contributed by atoms with Crippen LogP contribution in [0.3, 0.4) is 0 Å². The van der Waals surface area contributed by atoms with Crippen LogP contribution in [0.4, 0.5) is 15.8 Å². The molecule has 1 heterocycles. The van der Waals surface area contributed by atoms with Crippen LogP contribution in [0.1, 0.15) is 11.7 Å². The molecule has 6 nitrogen and oxygen atoms in total. The minimum atomic E-state index is -0.972. The van der Waals surface area contributed by atoms with Crippen molar-refractivity contribution in [2.45, 2.75) is 6.10 Å². The Bertz CT molecular complexity index is 738. The summed E-state index contributed by atoms with van der Waals surface area (Å²) in [5, 5.41) is 21.2. The van der Waals surface area contributed by atoms with Gasteiger partial charge >= 0.3 is 0 Å². The Balaban J connectivity index is 1.83. The van der Waals surface area contributed by atoms with Crippen LogP contribution in [-0.2, 0) is 0 Å². The van der Waals surface area contributed by atoms with Gasteiger partial charge in [0.2, 0.25) is 0 Å². The Hall–Kier alpha value is -2.67. The van der Waals surface area contributed by atoms with Gasteiger partial charge in [-0.1, -0.05) is 18.2 Å². The van der Waals surface area contributed by atoms with Gasteiger partial charge in [0.1, 0.15) is 23.9 Å². The van der Waals surface area contributed by atoms with E-state index in [1.165, 1.54) is 24.3 Å². The maximum atomic E-state index is 14.1. The minimum absolute atomic E-state index is 0.0879. The van der Waals surface area contributed by atoms with Crippen molar-refractivity contribution in [3.05, 3.63) is 64.0 Å². The summed E-state index contributed by atoms with van der Waals surface area (Å²) in [4.78, 5) is 12.0. The number of benzene rings is 2. The number of β-amino-alcohol motifs (C(OH)–C–C–N with tert-alkyl or cyclic N) is 1. The Morgan fingerprint density at radius 3 is 2.91 bits per heavy atom. The summed E-state index contributed by atoms with van der Waals surface area (Å²) in [7, 11) is 0. The van der Waals surface area contributed by atoms with Crippen molar-refractivity contribution in [1.82, 2.24) is 0 Å². The van der Waals surface area contributed by atoms with Crippen LogP contribution in [0.15, 0.2) is 42.5 Å². The molecule has 1 unspecified atom stereocenters. The van der Waals surface area contributed by atoms with Gasteiger partial charge in [0, 0.05) is 18.7 Å². The summed E-state index contributed by atoms with van der Waals surface area (Å²) in [5.41, 5.74) is 0.641. The van der Waals surface area contributed by atoms with Crippen molar-refractivity contribution in [2.24, 2.45) is 0 Å². The number of anilines is 1. The lowest BCUT2D eigenvalue weighted by molar-refractivity contribution is -0.385. The van der Waals surface area contributed by atoms with Gasteiger partial charge in [-0.2, -0.15) is 0 Å². The average molecular weight is 318 g/mol. The molecule has 0 bridgehead atoms. The number of rotatable bonds is 4. The molecule has 2 aromatic rings. The van der Waals surface area contributed by atoms with Gasteiger partial charge in [0.15, 0.2) is 0 Å². The van der Waals surface area contributed by atoms with Crippen LogP contribution in [0.25, 0.3) is 0 Å². The lowest BCUT2D eigenvalue weighted by Crippen LogP contribution is -2.36. The topological polar surface area (TPSA) is 75.8 Å². The van der Waals surface area contributed by atoms with Crippen molar-refractivity contribution in [3.8, 4) is 5.75 Å². The second-order valence-corrected chi connectivity index (χ2v) is 5.25. The molecule has 0 fully saturated rings. The fourth-order valence-electron chi connectivity index (χ4n) is 2.64. The Labute approximate surface area is 131 Å². The summed E-state index contributed by atoms with van der Waals surface area (Å²) < 4.78 is 19.5. The van der Waals surface area contributed by atoms with Gasteiger partial charge < -0.3 is 14.7 Å². The van der Waals surface area contributed by atoms with Crippen molar-refractivity contribution in [2.75, 3.05) is 24.6 Å². The Morgan fingerprint density at radius 2 is 2.13 bits per heavy atom. The van der Waals surface area contributed by atoms with E-state index in [1.54, 1.807) is 23.1 Å². The maximum Gasteiger partial charge on any atom is 0.269 e. The van der Waals surface area contributed by atoms with Gasteiger partial charge in [0.05, 0.1) is 17.6 Å². The van der Waals surface area contributed by atoms with Crippen LogP contribution in [0.2, 0.25) is 0 Å². The number of ether oxygens (including phenoxy) is 1. The number of aliphatic hydroxyl groups is 1. The molecule has 1 atom stereocenters. The summed E-state index contributed by atoms with van der Waals surface area (Å²) in [6.07, 6.45) is -0.972. The third-order valence-corrected chi connectivity index (χ3v) is 3.74. The van der Waals surface area contributed by atoms with E-state index >= 15 is 0 Å². The molecule has 2 aromatic carbocycles. The summed E-state index contributed by atoms with van der Waals surface area (Å²) >= 11 is 0. The zero-order chi connectivity index (χ0) is 16.4. The maximum absolute atomic E-state index is 14.1. The van der Waals surface area contributed by atoms with E-state index in [0.717, 1.165) is 0 Å². The molecule has 120 valence electrons. The number of non-ortho nitro benzene ring substituents is 1. The standard InChI is InChI=1S/C16H15FN2O4/c17-13-5-2-6-15-16(13)18(7-8-23-15)10-14(20)11-3-1-4-12(9-11)19(21)22/h1-6,9,14,20H,7-8,10H2. The van der Waals surface area contributed by atoms with Crippen LogP contribution >= 0.6 is 0 Å². The third-order valence-electron chi connectivity index (χ3n) is 3.74. The number of hydrogen-bond donors (Lipinski definition) is 1. The number of hydrogen-bond acceptors (Lipinski definition) is 5. The average Bonchev–Trinajstić information content (AvgIpc) is 2.55. The van der Waals surface area contributed by atoms with Crippen molar-refractivity contribution < 1.29 is 19.2 Å². The third kappa shape index (κ3) is 3.09. The van der Waals surface area contributed by atoms with E-state index in [-0.39, 0.29) is 12.2 Å². The highest BCUT2D eigenvalue weighted by molar-refractivity contribution is 5.61. The minimum Gasteiger partial charge on any atom is -0.489 e. The Morgan fingerprint density at radius 1 is 1.35 bits per heavy atom. The van der Waals surface area contributed by atoms with E-state index in [1.807, 2.05) is 0 Å². The van der Waals surface area contributed by atoms with Crippen LogP contribution in [0, 0.1) is 15.9 Å². The van der Waals surface area contributed by atoms with Crippen LogP contribution in [0.5, 0.6) is 5.75 Å². The quantitative estimate of drug-likeness (QED) is 0.693. The summed E-state index contributed by atoms with van der Waals surface area (Å²) in [5.74, 6) is 0.0101. The zero-order valence-corrected chi connectivity index (χ0v) is 12.2. The number of fused-ring (bicyclic) bond motifs is 1. The van der Waals surface area contributed by atoms with E-state index in [0.29, 0.717) is 30.2 Å². The summed E-state index contributed by atoms with van der Waals surface area (Å²) in [6, 6.07) is 10.4. The molecule has 0 aliphatic carbocycles. The molecule has 0 saturated carbocycles. The van der Waals surface area contributed by atoms with E-state index in [2.05, 4.69) is 0 Å². The molecular weight excluding hydrogens is 303 g/mol. The van der Waals surface area contributed by atoms with E-state index in [4.69, 9.17) is 4.74 Å². The van der Waals surface area contributed by atoms with Gasteiger partial charge in [-0.15, -0.1) is 0 Å². The fraction of sp³-hybridized carbons (Fsp3) is 0.250. The lowest BCUT2D eigenvalue weighted by atomic mass is 10.1. The first-order valence-electron chi connectivity index (χ1n) is 7.15. The van der Waals surface area contributed by atoms with E-state index < -0.39 is 16.8 Å². The molecule has 0 aromatic heterocycles. The van der Waals surface area contributed by atoms with Crippen LogP contribution < -0.4 is 9.64 Å². The monoisotopic (exact) mass is 318 g/mol. The SMILES string of the molecule is O=[N+]([O-])c1cccc(C(O)CN2CCOc3cccc(F)c32)c1. The molecule has 0 saturated heterocycles. The predicted molar refractivity (Wildman–Crippen MR) is 82.2 cm³/mol. The van der Waals surface area contributed by atoms with Crippen molar-refractivity contribution in [3.63, 3.8) is 0 Å². The number of aliphatic hydroxyl groups excluding tert-OH is 1. The largest absolute Gasteiger partial charge is 0.489 e. The predicted octanol–water partition coefficient (Wildman–Crippen LogP) is 2.67. The second-order valence-electron chi connectivity index (χ2n) is 5.25. The van der Waals surface area contributed by atoms with E-state index in [9.17, 15) is 19.6 Å². The molecule has 1 N–H and O–H groups in total. The highest BCUT2D eigenvalue weighted by Crippen LogP contribution is 2.35. The first kappa shape index (κ1) is 15.2. The highest BCUT2D eigenvalue weighted by atomic mass is 19.1. The molecule has 7 heteroatoms. The molecule has 3 rings (SSSR count).